The second-order valence-corrected chi connectivity index (χ2v) is 6.28. The van der Waals surface area contributed by atoms with Crippen molar-refractivity contribution < 1.29 is 9.47 Å². The van der Waals surface area contributed by atoms with Gasteiger partial charge in [0.25, 0.3) is 5.88 Å². The first-order valence-electron chi connectivity index (χ1n) is 8.90. The molecule has 28 heavy (non-hydrogen) atoms. The van der Waals surface area contributed by atoms with Crippen LogP contribution in [0.15, 0.2) is 85.2 Å². The molecule has 3 aromatic carbocycles. The molecule has 2 heterocycles. The monoisotopic (exact) mass is 368 g/mol. The van der Waals surface area contributed by atoms with E-state index in [0.29, 0.717) is 23.9 Å². The lowest BCUT2D eigenvalue weighted by Crippen LogP contribution is -1.97. The van der Waals surface area contributed by atoms with Crippen LogP contribution in [-0.4, -0.2) is 19.6 Å². The SMILES string of the molecule is c1ccc(COc2ccc(Oc3nc4ccccc4n4cnnc34)cc2)cc1. The molecule has 0 N–H and O–H groups in total. The summed E-state index contributed by atoms with van der Waals surface area (Å²) in [6.45, 7) is 0.521. The Morgan fingerprint density at radius 1 is 0.786 bits per heavy atom. The molecule has 0 saturated heterocycles. The summed E-state index contributed by atoms with van der Waals surface area (Å²) in [5.41, 5.74) is 3.44. The first-order valence-corrected chi connectivity index (χ1v) is 8.90. The minimum Gasteiger partial charge on any atom is -0.489 e. The summed E-state index contributed by atoms with van der Waals surface area (Å²) in [5, 5.41) is 8.14. The predicted octanol–water partition coefficient (Wildman–Crippen LogP) is 4.65. The molecule has 6 nitrogen and oxygen atoms in total. The normalized spacial score (nSPS) is 11.0. The molecule has 5 rings (SSSR count). The Hall–Kier alpha value is -3.93. The Labute approximate surface area is 161 Å². The molecule has 0 fully saturated rings. The highest BCUT2D eigenvalue weighted by Crippen LogP contribution is 2.27. The molecule has 0 aliphatic rings. The molecule has 5 aromatic rings. The molecule has 0 aliphatic heterocycles. The zero-order valence-corrected chi connectivity index (χ0v) is 14.9. The zero-order chi connectivity index (χ0) is 18.8. The summed E-state index contributed by atoms with van der Waals surface area (Å²) in [4.78, 5) is 4.59. The van der Waals surface area contributed by atoms with E-state index in [1.165, 1.54) is 0 Å². The van der Waals surface area contributed by atoms with E-state index in [2.05, 4.69) is 15.2 Å². The van der Waals surface area contributed by atoms with Gasteiger partial charge in [0.15, 0.2) is 0 Å². The van der Waals surface area contributed by atoms with E-state index < -0.39 is 0 Å². The van der Waals surface area contributed by atoms with Crippen molar-refractivity contribution in [2.45, 2.75) is 6.61 Å². The Balaban J connectivity index is 1.38. The fourth-order valence-electron chi connectivity index (χ4n) is 3.00. The van der Waals surface area contributed by atoms with Crippen molar-refractivity contribution in [2.24, 2.45) is 0 Å². The minimum atomic E-state index is 0.411. The third kappa shape index (κ3) is 3.12. The molecule has 0 saturated carbocycles. The molecular weight excluding hydrogens is 352 g/mol. The highest BCUT2D eigenvalue weighted by Gasteiger charge is 2.12. The maximum absolute atomic E-state index is 5.99. The van der Waals surface area contributed by atoms with Crippen LogP contribution in [0.1, 0.15) is 5.56 Å². The van der Waals surface area contributed by atoms with Crippen molar-refractivity contribution in [3.63, 3.8) is 0 Å². The average molecular weight is 368 g/mol. The van der Waals surface area contributed by atoms with E-state index in [1.54, 1.807) is 6.33 Å². The largest absolute Gasteiger partial charge is 0.489 e. The Kier molecular flexibility index (Phi) is 4.06. The van der Waals surface area contributed by atoms with E-state index in [4.69, 9.17) is 9.47 Å². The quantitative estimate of drug-likeness (QED) is 0.452. The molecule has 0 amide bonds. The first-order chi connectivity index (χ1) is 13.9. The number of fused-ring (bicyclic) bond motifs is 3. The topological polar surface area (TPSA) is 61.5 Å². The van der Waals surface area contributed by atoms with Gasteiger partial charge in [0, 0.05) is 0 Å². The number of benzene rings is 3. The van der Waals surface area contributed by atoms with Crippen molar-refractivity contribution in [2.75, 3.05) is 0 Å². The van der Waals surface area contributed by atoms with E-state index >= 15 is 0 Å². The number of aromatic nitrogens is 4. The molecular formula is C22H16N4O2. The van der Waals surface area contributed by atoms with Crippen LogP contribution in [0, 0.1) is 0 Å². The number of hydrogen-bond donors (Lipinski definition) is 0. The van der Waals surface area contributed by atoms with Crippen LogP contribution in [-0.2, 0) is 6.61 Å². The summed E-state index contributed by atoms with van der Waals surface area (Å²) < 4.78 is 13.7. The van der Waals surface area contributed by atoms with Crippen LogP contribution in [0.3, 0.4) is 0 Å². The van der Waals surface area contributed by atoms with Gasteiger partial charge in [-0.15, -0.1) is 10.2 Å². The van der Waals surface area contributed by atoms with E-state index in [0.717, 1.165) is 22.3 Å². The van der Waals surface area contributed by atoms with Crippen LogP contribution in [0.4, 0.5) is 0 Å². The summed E-state index contributed by atoms with van der Waals surface area (Å²) in [6, 6.07) is 25.3. The number of para-hydroxylation sites is 2. The fourth-order valence-corrected chi connectivity index (χ4v) is 3.00. The first kappa shape index (κ1) is 16.3. The van der Waals surface area contributed by atoms with Gasteiger partial charge in [-0.05, 0) is 42.0 Å². The van der Waals surface area contributed by atoms with Crippen LogP contribution in [0.2, 0.25) is 0 Å². The Bertz CT molecular complexity index is 1230. The maximum Gasteiger partial charge on any atom is 0.266 e. The van der Waals surface area contributed by atoms with Crippen LogP contribution >= 0.6 is 0 Å². The predicted molar refractivity (Wildman–Crippen MR) is 106 cm³/mol. The lowest BCUT2D eigenvalue weighted by molar-refractivity contribution is 0.305. The van der Waals surface area contributed by atoms with Gasteiger partial charge < -0.3 is 9.47 Å². The Morgan fingerprint density at radius 3 is 2.39 bits per heavy atom. The maximum atomic E-state index is 5.99. The van der Waals surface area contributed by atoms with Gasteiger partial charge >= 0.3 is 0 Å². The number of nitrogens with zero attached hydrogens (tertiary/aromatic N) is 4. The molecule has 0 aliphatic carbocycles. The van der Waals surface area contributed by atoms with Crippen molar-refractivity contribution in [3.05, 3.63) is 90.8 Å². The minimum absolute atomic E-state index is 0.411. The second-order valence-electron chi connectivity index (χ2n) is 6.28. The van der Waals surface area contributed by atoms with Crippen LogP contribution in [0.5, 0.6) is 17.4 Å². The average Bonchev–Trinajstić information content (AvgIpc) is 3.25. The lowest BCUT2D eigenvalue weighted by Gasteiger charge is -2.09. The molecule has 0 bridgehead atoms. The summed E-state index contributed by atoms with van der Waals surface area (Å²) in [5.74, 6) is 1.84. The molecule has 0 atom stereocenters. The smallest absolute Gasteiger partial charge is 0.266 e. The fraction of sp³-hybridized carbons (Fsp3) is 0.0455. The van der Waals surface area contributed by atoms with E-state index in [1.807, 2.05) is 83.3 Å². The van der Waals surface area contributed by atoms with Gasteiger partial charge in [-0.3, -0.25) is 4.40 Å². The van der Waals surface area contributed by atoms with Gasteiger partial charge in [0.2, 0.25) is 5.65 Å². The molecule has 136 valence electrons. The summed E-state index contributed by atoms with van der Waals surface area (Å²) in [6.07, 6.45) is 1.66. The van der Waals surface area contributed by atoms with E-state index in [9.17, 15) is 0 Å². The number of rotatable bonds is 5. The standard InChI is InChI=1S/C22H16N4O2/c1-2-6-16(7-3-1)14-27-17-10-12-18(13-11-17)28-22-21-25-23-15-26(21)20-9-5-4-8-19(20)24-22/h1-13,15H,14H2. The molecule has 6 heteroatoms. The van der Waals surface area contributed by atoms with Crippen molar-refractivity contribution in [1.82, 2.24) is 19.6 Å². The van der Waals surface area contributed by atoms with E-state index in [-0.39, 0.29) is 0 Å². The van der Waals surface area contributed by atoms with Gasteiger partial charge in [0.1, 0.15) is 24.4 Å². The van der Waals surface area contributed by atoms with Gasteiger partial charge in [-0.1, -0.05) is 42.5 Å². The van der Waals surface area contributed by atoms with Crippen molar-refractivity contribution >= 4 is 16.7 Å². The third-order valence-corrected chi connectivity index (χ3v) is 4.39. The molecule has 0 spiro atoms. The summed E-state index contributed by atoms with van der Waals surface area (Å²) >= 11 is 0. The van der Waals surface area contributed by atoms with Gasteiger partial charge in [-0.2, -0.15) is 0 Å². The van der Waals surface area contributed by atoms with Crippen LogP contribution < -0.4 is 9.47 Å². The molecule has 2 aromatic heterocycles. The highest BCUT2D eigenvalue weighted by atomic mass is 16.5. The highest BCUT2D eigenvalue weighted by molar-refractivity contribution is 5.79. The summed E-state index contributed by atoms with van der Waals surface area (Å²) in [7, 11) is 0. The Morgan fingerprint density at radius 2 is 1.54 bits per heavy atom. The third-order valence-electron chi connectivity index (χ3n) is 4.39. The molecule has 0 radical (unpaired) electrons. The molecule has 0 unspecified atom stereocenters. The second kappa shape index (κ2) is 7.00. The van der Waals surface area contributed by atoms with Crippen molar-refractivity contribution in [3.8, 4) is 17.4 Å². The van der Waals surface area contributed by atoms with Gasteiger partial charge in [0.05, 0.1) is 11.0 Å². The number of hydrogen-bond acceptors (Lipinski definition) is 5. The number of ether oxygens (including phenoxy) is 2. The van der Waals surface area contributed by atoms with Gasteiger partial charge in [-0.25, -0.2) is 4.98 Å². The van der Waals surface area contributed by atoms with Crippen molar-refractivity contribution in [1.29, 1.82) is 0 Å². The lowest BCUT2D eigenvalue weighted by atomic mass is 10.2. The van der Waals surface area contributed by atoms with Crippen LogP contribution in [0.25, 0.3) is 16.7 Å². The zero-order valence-electron chi connectivity index (χ0n) is 14.9.